The number of carbonyl (C=O) groups excluding carboxylic acids is 2. The molecule has 3 amide bonds. The molecule has 0 unspecified atom stereocenters. The molecule has 3 rings (SSSR count). The maximum Gasteiger partial charge on any atom is 0.319 e. The van der Waals surface area contributed by atoms with E-state index >= 15 is 0 Å². The Hall–Kier alpha value is -3.62. The molecule has 0 radical (unpaired) electrons. The van der Waals surface area contributed by atoms with Gasteiger partial charge in [-0.15, -0.1) is 0 Å². The molecule has 0 bridgehead atoms. The lowest BCUT2D eigenvalue weighted by atomic mass is 9.94. The van der Waals surface area contributed by atoms with E-state index in [0.29, 0.717) is 29.4 Å². The first kappa shape index (κ1) is 21.1. The zero-order valence-electron chi connectivity index (χ0n) is 16.6. The lowest BCUT2D eigenvalue weighted by Crippen LogP contribution is -2.46. The number of allylic oxidation sites excluding steroid dienone is 1. The molecule has 2 aromatic rings. The summed E-state index contributed by atoms with van der Waals surface area (Å²) in [6, 6.07) is 6.83. The number of hydrogen-bond acceptors (Lipinski definition) is 4. The second-order valence-corrected chi connectivity index (χ2v) is 6.50. The lowest BCUT2D eigenvalue weighted by Gasteiger charge is -2.29. The summed E-state index contributed by atoms with van der Waals surface area (Å²) in [5.41, 5.74) is 1.21. The number of methoxy groups -OCH3 is 1. The van der Waals surface area contributed by atoms with Gasteiger partial charge in [0.25, 0.3) is 5.91 Å². The second kappa shape index (κ2) is 8.81. The molecule has 0 spiro atoms. The van der Waals surface area contributed by atoms with Gasteiger partial charge < -0.3 is 25.4 Å². The van der Waals surface area contributed by atoms with Crippen LogP contribution in [0.25, 0.3) is 0 Å². The van der Waals surface area contributed by atoms with Crippen LogP contribution < -0.4 is 25.4 Å². The van der Waals surface area contributed by atoms with Crippen molar-refractivity contribution < 1.29 is 27.8 Å². The maximum absolute atomic E-state index is 13.5. The molecule has 0 fully saturated rings. The zero-order valence-corrected chi connectivity index (χ0v) is 16.6. The normalized spacial score (nSPS) is 15.9. The highest BCUT2D eigenvalue weighted by molar-refractivity contribution is 6.06. The number of halogens is 2. The van der Waals surface area contributed by atoms with Crippen molar-refractivity contribution in [1.82, 2.24) is 10.6 Å². The summed E-state index contributed by atoms with van der Waals surface area (Å²) >= 11 is 0. The quantitative estimate of drug-likeness (QED) is 0.670. The molecule has 1 aliphatic rings. The summed E-state index contributed by atoms with van der Waals surface area (Å²) in [6.45, 7) is 3.87. The minimum atomic E-state index is -1.08. The molecule has 1 heterocycles. The molecular weight excluding hydrogens is 396 g/mol. The molecule has 9 heteroatoms. The van der Waals surface area contributed by atoms with Gasteiger partial charge in [0.1, 0.15) is 0 Å². The number of rotatable bonds is 6. The Morgan fingerprint density at radius 3 is 2.57 bits per heavy atom. The Labute approximate surface area is 172 Å². The second-order valence-electron chi connectivity index (χ2n) is 6.50. The van der Waals surface area contributed by atoms with E-state index in [1.807, 2.05) is 6.92 Å². The van der Waals surface area contributed by atoms with Gasteiger partial charge in [0, 0.05) is 17.5 Å². The summed E-state index contributed by atoms with van der Waals surface area (Å²) in [4.78, 5) is 25.0. The first-order chi connectivity index (χ1) is 14.3. The van der Waals surface area contributed by atoms with Gasteiger partial charge in [0.05, 0.1) is 25.3 Å². The van der Waals surface area contributed by atoms with Crippen molar-refractivity contribution in [1.29, 1.82) is 0 Å². The van der Waals surface area contributed by atoms with Gasteiger partial charge in [-0.1, -0.05) is 6.07 Å². The topological polar surface area (TPSA) is 88.7 Å². The smallest absolute Gasteiger partial charge is 0.319 e. The number of amides is 3. The molecule has 1 atom stereocenters. The van der Waals surface area contributed by atoms with Crippen LogP contribution in [0, 0.1) is 11.6 Å². The molecule has 0 saturated heterocycles. The van der Waals surface area contributed by atoms with Crippen LogP contribution in [0.2, 0.25) is 0 Å². The average Bonchev–Trinajstić information content (AvgIpc) is 2.70. The van der Waals surface area contributed by atoms with Crippen molar-refractivity contribution in [2.45, 2.75) is 19.9 Å². The van der Waals surface area contributed by atoms with Crippen LogP contribution in [0.5, 0.6) is 11.5 Å². The largest absolute Gasteiger partial charge is 0.493 e. The van der Waals surface area contributed by atoms with E-state index in [4.69, 9.17) is 9.47 Å². The Morgan fingerprint density at radius 2 is 1.90 bits per heavy atom. The summed E-state index contributed by atoms with van der Waals surface area (Å²) in [5, 5.41) is 7.79. The van der Waals surface area contributed by atoms with Gasteiger partial charge in [-0.2, -0.15) is 0 Å². The molecule has 0 saturated carbocycles. The van der Waals surface area contributed by atoms with E-state index in [0.717, 1.165) is 12.1 Å². The number of urea groups is 1. The van der Waals surface area contributed by atoms with E-state index in [2.05, 4.69) is 16.0 Å². The van der Waals surface area contributed by atoms with Gasteiger partial charge in [-0.25, -0.2) is 13.6 Å². The highest BCUT2D eigenvalue weighted by Gasteiger charge is 2.32. The molecule has 0 aliphatic carbocycles. The Bertz CT molecular complexity index is 1020. The monoisotopic (exact) mass is 417 g/mol. The molecule has 3 N–H and O–H groups in total. The summed E-state index contributed by atoms with van der Waals surface area (Å²) in [7, 11) is 1.49. The van der Waals surface area contributed by atoms with Crippen molar-refractivity contribution in [3.63, 3.8) is 0 Å². The first-order valence-corrected chi connectivity index (χ1v) is 9.19. The number of benzene rings is 2. The van der Waals surface area contributed by atoms with Gasteiger partial charge >= 0.3 is 6.03 Å². The molecular formula is C21H21F2N3O4. The van der Waals surface area contributed by atoms with Crippen molar-refractivity contribution >= 4 is 17.6 Å². The number of ether oxygens (including phenoxy) is 2. The zero-order chi connectivity index (χ0) is 21.8. The molecule has 158 valence electrons. The van der Waals surface area contributed by atoms with Crippen molar-refractivity contribution in [2.24, 2.45) is 0 Å². The number of anilines is 1. The Balaban J connectivity index is 1.96. The standard InChI is InChI=1S/C21H21F2N3O4/c1-4-30-16-8-5-12(9-17(16)29-3)19-18(11(2)24-21(28)26-19)20(27)25-13-6-7-14(22)15(23)10-13/h5-10,19H,4H2,1-3H3,(H,25,27)(H2,24,26,28)/t19-/m1/s1. The SMILES string of the molecule is CCOc1ccc([C@H]2NC(=O)NC(C)=C2C(=O)Nc2ccc(F)c(F)c2)cc1OC. The summed E-state index contributed by atoms with van der Waals surface area (Å²) < 4.78 is 37.5. The van der Waals surface area contributed by atoms with Gasteiger partial charge in [-0.3, -0.25) is 4.79 Å². The van der Waals surface area contributed by atoms with Crippen molar-refractivity contribution in [3.05, 3.63) is 64.9 Å². The van der Waals surface area contributed by atoms with Gasteiger partial charge in [0.2, 0.25) is 0 Å². The van der Waals surface area contributed by atoms with Crippen LogP contribution in [0.4, 0.5) is 19.3 Å². The number of nitrogens with one attached hydrogen (secondary N) is 3. The molecule has 30 heavy (non-hydrogen) atoms. The Morgan fingerprint density at radius 1 is 1.13 bits per heavy atom. The number of hydrogen-bond donors (Lipinski definition) is 3. The van der Waals surface area contributed by atoms with E-state index in [1.54, 1.807) is 25.1 Å². The third-order valence-corrected chi connectivity index (χ3v) is 4.51. The molecule has 7 nitrogen and oxygen atoms in total. The van der Waals surface area contributed by atoms with Crippen LogP contribution >= 0.6 is 0 Å². The van der Waals surface area contributed by atoms with Gasteiger partial charge in [0.15, 0.2) is 23.1 Å². The van der Waals surface area contributed by atoms with Gasteiger partial charge in [-0.05, 0) is 43.7 Å². The fourth-order valence-corrected chi connectivity index (χ4v) is 3.16. The molecule has 2 aromatic carbocycles. The minimum absolute atomic E-state index is 0.0825. The number of carbonyl (C=O) groups is 2. The van der Waals surface area contributed by atoms with Crippen LogP contribution in [0.15, 0.2) is 47.7 Å². The predicted octanol–water partition coefficient (Wildman–Crippen LogP) is 3.64. The fourth-order valence-electron chi connectivity index (χ4n) is 3.16. The molecule has 1 aliphatic heterocycles. The average molecular weight is 417 g/mol. The summed E-state index contributed by atoms with van der Waals surface area (Å²) in [5.74, 6) is -1.71. The lowest BCUT2D eigenvalue weighted by molar-refractivity contribution is -0.113. The minimum Gasteiger partial charge on any atom is -0.493 e. The van der Waals surface area contributed by atoms with Crippen LogP contribution in [-0.4, -0.2) is 25.7 Å². The highest BCUT2D eigenvalue weighted by Crippen LogP contribution is 2.34. The van der Waals surface area contributed by atoms with Crippen molar-refractivity contribution in [3.8, 4) is 11.5 Å². The van der Waals surface area contributed by atoms with E-state index < -0.39 is 29.6 Å². The van der Waals surface area contributed by atoms with E-state index in [9.17, 15) is 18.4 Å². The third-order valence-electron chi connectivity index (χ3n) is 4.51. The van der Waals surface area contributed by atoms with E-state index in [1.165, 1.54) is 13.2 Å². The van der Waals surface area contributed by atoms with Crippen LogP contribution in [0.1, 0.15) is 25.5 Å². The first-order valence-electron chi connectivity index (χ1n) is 9.19. The summed E-state index contributed by atoms with van der Waals surface area (Å²) in [6.07, 6.45) is 0. The third kappa shape index (κ3) is 4.35. The van der Waals surface area contributed by atoms with E-state index in [-0.39, 0.29) is 11.3 Å². The maximum atomic E-state index is 13.5. The predicted molar refractivity (Wildman–Crippen MR) is 106 cm³/mol. The van der Waals surface area contributed by atoms with Crippen LogP contribution in [-0.2, 0) is 4.79 Å². The molecule has 0 aromatic heterocycles. The van der Waals surface area contributed by atoms with Crippen molar-refractivity contribution in [2.75, 3.05) is 19.0 Å². The Kier molecular flexibility index (Phi) is 6.20. The fraction of sp³-hybridized carbons (Fsp3) is 0.238. The highest BCUT2D eigenvalue weighted by atomic mass is 19.2. The van der Waals surface area contributed by atoms with Crippen LogP contribution in [0.3, 0.4) is 0 Å².